The molecule has 0 radical (unpaired) electrons. The van der Waals surface area contributed by atoms with Crippen LogP contribution >= 0.6 is 0 Å². The Labute approximate surface area is 549 Å². The molecule has 24 nitrogen and oxygen atoms in total. The van der Waals surface area contributed by atoms with E-state index in [1.165, 1.54) is 13.8 Å². The molecule has 4 aromatic carbocycles. The Hall–Kier alpha value is -11.2. The number of ether oxygens (including phenoxy) is 12. The molecule has 8 bridgehead atoms. The van der Waals surface area contributed by atoms with Gasteiger partial charge < -0.3 is 66.8 Å². The van der Waals surface area contributed by atoms with Crippen LogP contribution in [-0.4, -0.2) is 142 Å². The van der Waals surface area contributed by atoms with Crippen LogP contribution < -0.4 is 9.47 Å². The summed E-state index contributed by atoms with van der Waals surface area (Å²) < 4.78 is 72.1. The lowest BCUT2D eigenvalue weighted by Crippen LogP contribution is -2.63. The minimum absolute atomic E-state index is 0.115. The highest BCUT2D eigenvalue weighted by Crippen LogP contribution is 2.44. The lowest BCUT2D eigenvalue weighted by molar-refractivity contribution is -0.288. The molecule has 7 aromatic rings. The van der Waals surface area contributed by atoms with Crippen LogP contribution in [0.25, 0.3) is 90.9 Å². The van der Waals surface area contributed by atoms with Gasteiger partial charge in [0, 0.05) is 111 Å². The molecule has 0 amide bonds. The molecule has 0 spiro atoms. The average molecular weight is 1310 g/mol. The Balaban J connectivity index is 1.17. The summed E-state index contributed by atoms with van der Waals surface area (Å²) >= 11 is 0. The third kappa shape index (κ3) is 14.9. The van der Waals surface area contributed by atoms with Crippen molar-refractivity contribution in [1.82, 2.24) is 19.9 Å². The second-order valence-corrected chi connectivity index (χ2v) is 22.6. The smallest absolute Gasteiger partial charge is 0.303 e. The minimum Gasteiger partial charge on any atom is -0.463 e. The fourth-order valence-corrected chi connectivity index (χ4v) is 12.0. The highest BCUT2D eigenvalue weighted by atomic mass is 16.7. The average Bonchev–Trinajstić information content (AvgIpc) is 1.62. The van der Waals surface area contributed by atoms with Gasteiger partial charge in [-0.15, -0.1) is 0 Å². The van der Waals surface area contributed by atoms with E-state index in [4.69, 9.17) is 66.8 Å². The molecule has 24 heteroatoms. The van der Waals surface area contributed by atoms with Crippen LogP contribution in [0.5, 0.6) is 11.5 Å². The number of benzene rings is 4. The van der Waals surface area contributed by atoms with Crippen LogP contribution in [0.2, 0.25) is 0 Å². The van der Waals surface area contributed by atoms with Gasteiger partial charge >= 0.3 is 47.8 Å². The van der Waals surface area contributed by atoms with Gasteiger partial charge in [-0.1, -0.05) is 97.1 Å². The molecule has 2 N–H and O–H groups in total. The lowest BCUT2D eigenvalue weighted by Gasteiger charge is -2.44. The first-order valence-electron chi connectivity index (χ1n) is 30.6. The predicted molar refractivity (Wildman–Crippen MR) is 346 cm³/mol. The summed E-state index contributed by atoms with van der Waals surface area (Å²) in [5.74, 6) is -6.13. The van der Waals surface area contributed by atoms with Crippen molar-refractivity contribution in [3.05, 3.63) is 156 Å². The van der Waals surface area contributed by atoms with Crippen molar-refractivity contribution in [2.24, 2.45) is 0 Å². The molecule has 2 fully saturated rings. The van der Waals surface area contributed by atoms with E-state index < -0.39 is 122 Å². The number of esters is 8. The lowest BCUT2D eigenvalue weighted by atomic mass is 9.97. The summed E-state index contributed by atoms with van der Waals surface area (Å²) in [5.41, 5.74) is 9.12. The number of fused-ring (bicyclic) bond motifs is 8. The monoisotopic (exact) mass is 1310 g/mol. The first kappa shape index (κ1) is 66.2. The summed E-state index contributed by atoms with van der Waals surface area (Å²) in [5, 5.41) is 0. The van der Waals surface area contributed by atoms with Crippen molar-refractivity contribution < 1.29 is 95.2 Å². The molecule has 4 aliphatic heterocycles. The number of carbonyl (C=O) groups excluding carboxylic acids is 8. The summed E-state index contributed by atoms with van der Waals surface area (Å²) in [4.78, 5) is 120. The Kier molecular flexibility index (Phi) is 20.0. The van der Waals surface area contributed by atoms with Crippen LogP contribution in [0.3, 0.4) is 0 Å². The van der Waals surface area contributed by atoms with Gasteiger partial charge in [-0.3, -0.25) is 38.4 Å². The number of H-pyrrole nitrogens is 2. The van der Waals surface area contributed by atoms with E-state index >= 15 is 0 Å². The van der Waals surface area contributed by atoms with Crippen LogP contribution in [0, 0.1) is 0 Å². The van der Waals surface area contributed by atoms with E-state index in [9.17, 15) is 38.4 Å². The van der Waals surface area contributed by atoms with Gasteiger partial charge in [0.2, 0.25) is 24.8 Å². The first-order valence-corrected chi connectivity index (χ1v) is 30.6. The fourth-order valence-electron chi connectivity index (χ4n) is 12.0. The predicted octanol–water partition coefficient (Wildman–Crippen LogP) is 10.2. The zero-order chi connectivity index (χ0) is 67.9. The van der Waals surface area contributed by atoms with E-state index in [-0.39, 0.29) is 11.5 Å². The Morgan fingerprint density at radius 2 is 0.635 bits per heavy atom. The Morgan fingerprint density at radius 3 is 0.969 bits per heavy atom. The molecule has 0 aliphatic carbocycles. The molecule has 494 valence electrons. The minimum atomic E-state index is -1.64. The van der Waals surface area contributed by atoms with Gasteiger partial charge in [-0.05, 0) is 71.8 Å². The van der Waals surface area contributed by atoms with Gasteiger partial charge in [-0.25, -0.2) is 9.97 Å². The molecular formula is C72H66N4O20. The van der Waals surface area contributed by atoms with E-state index in [1.54, 1.807) is 60.7 Å². The molecular weight excluding hydrogens is 1240 g/mol. The number of hydrogen-bond acceptors (Lipinski definition) is 22. The van der Waals surface area contributed by atoms with E-state index in [0.29, 0.717) is 67.1 Å². The topological polar surface area (TPSA) is 305 Å². The zero-order valence-electron chi connectivity index (χ0n) is 53.3. The van der Waals surface area contributed by atoms with Crippen LogP contribution in [0.15, 0.2) is 133 Å². The van der Waals surface area contributed by atoms with Crippen LogP contribution in [0.4, 0.5) is 0 Å². The summed E-state index contributed by atoms with van der Waals surface area (Å²) in [6.45, 7) is 8.07. The third-order valence-corrected chi connectivity index (χ3v) is 15.6. The summed E-state index contributed by atoms with van der Waals surface area (Å²) in [6, 6.07) is 40.9. The van der Waals surface area contributed by atoms with Gasteiger partial charge in [0.05, 0.1) is 22.8 Å². The number of aromatic amines is 2. The molecule has 3 aromatic heterocycles. The Morgan fingerprint density at radius 1 is 0.344 bits per heavy atom. The van der Waals surface area contributed by atoms with Crippen molar-refractivity contribution in [3.63, 3.8) is 0 Å². The van der Waals surface area contributed by atoms with Gasteiger partial charge in [0.15, 0.2) is 24.4 Å². The number of nitrogens with one attached hydrogen (secondary N) is 2. The number of para-hydroxylation sites is 2. The number of rotatable bonds is 18. The first-order chi connectivity index (χ1) is 46.2. The van der Waals surface area contributed by atoms with E-state index in [2.05, 4.69) is 9.97 Å². The standard InChI is InChI=1S/C72H66N4O20/c1-37(77)85-35-59-65(87-39(3)79)67(89-41(5)81)69(91-43(7)83)71(95-59)93-57-25-17-15-23-47(57)63-53-31-29-51(74-53)61(45-19-11-9-12-20-45)49-27-28-50(73-49)62(46-21-13-10-14-22-46)52-30-32-54(75-52)64(56-34-33-55(63)76-56)48-24-16-18-26-58(48)94-72-70(92-44(8)84)68(90-42(6)82)66(88-40(4)80)60(96-72)36-86-38(2)78/h9-34,59-60,65-72,74-75H,35-36H2,1-8H3/t59-,60-,65-,66-,67+,68+,69-,70-,71-,72-/m1/s1. The van der Waals surface area contributed by atoms with Crippen molar-refractivity contribution in [3.8, 4) is 56.0 Å². The number of aromatic nitrogens is 4. The molecule has 4 aliphatic rings. The van der Waals surface area contributed by atoms with E-state index in [0.717, 1.165) is 63.8 Å². The fraction of sp³-hybridized carbons (Fsp3) is 0.278. The van der Waals surface area contributed by atoms with Crippen LogP contribution in [-0.2, 0) is 85.7 Å². The summed E-state index contributed by atoms with van der Waals surface area (Å²) in [6.07, 6.45) is -7.69. The normalized spacial score (nSPS) is 21.0. The number of hydrogen-bond donors (Lipinski definition) is 2. The molecule has 11 rings (SSSR count). The van der Waals surface area contributed by atoms with Crippen molar-refractivity contribution in [2.75, 3.05) is 13.2 Å². The number of nitrogens with zero attached hydrogens (tertiary/aromatic N) is 2. The Bertz CT molecular complexity index is 4140. The SMILES string of the molecule is CC(=O)OC[C@H]1O[C@@H](Oc2ccccc2-c2c3nc(c(-c4ccccc4O[C@@H]4O[C@H](COC(C)=O)[C@@H](OC(C)=O)[C@H](OC(C)=O)[C@H]4OC(C)=O)c4ccc([nH]4)c(-c4ccccc4)c4nc(c(-c5ccccc5)c5ccc2[nH]5)C=C4)C=C3)[C@H](OC(C)=O)[C@@H](OC(C)=O)[C@@H]1OC(C)=O. The van der Waals surface area contributed by atoms with Gasteiger partial charge in [0.25, 0.3) is 0 Å². The second-order valence-electron chi connectivity index (χ2n) is 22.6. The molecule has 2 saturated heterocycles. The maximum absolute atomic E-state index is 13.1. The second kappa shape index (κ2) is 29.0. The maximum Gasteiger partial charge on any atom is 0.303 e. The quantitative estimate of drug-likeness (QED) is 0.0596. The van der Waals surface area contributed by atoms with Gasteiger partial charge in [-0.2, -0.15) is 0 Å². The van der Waals surface area contributed by atoms with E-state index in [1.807, 2.05) is 97.1 Å². The highest BCUT2D eigenvalue weighted by Gasteiger charge is 2.55. The third-order valence-electron chi connectivity index (χ3n) is 15.6. The zero-order valence-corrected chi connectivity index (χ0v) is 53.3. The number of carbonyl (C=O) groups is 8. The maximum atomic E-state index is 13.1. The van der Waals surface area contributed by atoms with Crippen molar-refractivity contribution in [1.29, 1.82) is 0 Å². The van der Waals surface area contributed by atoms with Crippen molar-refractivity contribution >= 4 is 94.1 Å². The molecule has 96 heavy (non-hydrogen) atoms. The molecule has 0 unspecified atom stereocenters. The summed E-state index contributed by atoms with van der Waals surface area (Å²) in [7, 11) is 0. The molecule has 7 heterocycles. The molecule has 0 saturated carbocycles. The largest absolute Gasteiger partial charge is 0.463 e. The molecule has 10 atom stereocenters. The van der Waals surface area contributed by atoms with Gasteiger partial charge in [0.1, 0.15) is 36.9 Å². The van der Waals surface area contributed by atoms with Crippen LogP contribution in [0.1, 0.15) is 78.2 Å². The van der Waals surface area contributed by atoms with Crippen molar-refractivity contribution in [2.45, 2.75) is 117 Å². The highest BCUT2D eigenvalue weighted by molar-refractivity contribution is 6.01.